The van der Waals surface area contributed by atoms with Crippen LogP contribution in [0.5, 0.6) is 5.75 Å². The first-order valence-corrected chi connectivity index (χ1v) is 26.6. The summed E-state index contributed by atoms with van der Waals surface area (Å²) in [4.78, 5) is 65.1. The minimum absolute atomic E-state index is 0.0162. The van der Waals surface area contributed by atoms with Gasteiger partial charge in [0, 0.05) is 61.3 Å². The van der Waals surface area contributed by atoms with E-state index in [-0.39, 0.29) is 48.9 Å². The Morgan fingerprint density at radius 1 is 0.833 bits per heavy atom. The number of amides is 3. The van der Waals surface area contributed by atoms with Crippen molar-refractivity contribution in [3.05, 3.63) is 89.5 Å². The van der Waals surface area contributed by atoms with Crippen LogP contribution in [0, 0.1) is 18.3 Å². The number of piperidine rings is 1. The largest absolute Gasteiger partial charge is 0.507 e. The lowest BCUT2D eigenvalue weighted by molar-refractivity contribution is -0.144. The maximum absolute atomic E-state index is 14.3. The molecular formula is C54H68N12O5S. The number of phenols is 1. The molecule has 18 heteroatoms. The molecule has 10 rings (SSSR count). The van der Waals surface area contributed by atoms with E-state index < -0.39 is 23.6 Å². The molecule has 2 bridgehead atoms. The number of nitrogens with one attached hydrogen (secondary N) is 2. The Balaban J connectivity index is 0.686. The van der Waals surface area contributed by atoms with Crippen LogP contribution in [0.4, 0.5) is 17.2 Å². The third-order valence-electron chi connectivity index (χ3n) is 16.0. The number of aliphatic hydroxyl groups excluding tert-OH is 1. The average Bonchev–Trinajstić information content (AvgIpc) is 4.08. The number of aryl methyl sites for hydroxylation is 1. The number of nitrogens with zero attached hydrogens (tertiary/aromatic N) is 9. The number of anilines is 3. The lowest BCUT2D eigenvalue weighted by Crippen LogP contribution is -2.58. The highest BCUT2D eigenvalue weighted by Gasteiger charge is 2.46. The van der Waals surface area contributed by atoms with Gasteiger partial charge >= 0.3 is 0 Å². The van der Waals surface area contributed by atoms with Gasteiger partial charge in [0.05, 0.1) is 58.2 Å². The summed E-state index contributed by atoms with van der Waals surface area (Å²) in [5.41, 5.74) is 14.5. The van der Waals surface area contributed by atoms with Crippen molar-refractivity contribution in [3.63, 3.8) is 0 Å². The van der Waals surface area contributed by atoms with Crippen molar-refractivity contribution in [3.8, 4) is 27.6 Å². The maximum atomic E-state index is 14.3. The van der Waals surface area contributed by atoms with E-state index in [9.17, 15) is 24.6 Å². The fourth-order valence-corrected chi connectivity index (χ4v) is 12.8. The van der Waals surface area contributed by atoms with Gasteiger partial charge in [0.15, 0.2) is 5.82 Å². The molecule has 1 aliphatic carbocycles. The zero-order valence-electron chi connectivity index (χ0n) is 41.8. The number of nitrogens with two attached hydrogens (primary N) is 1. The zero-order valence-corrected chi connectivity index (χ0v) is 42.6. The van der Waals surface area contributed by atoms with Crippen molar-refractivity contribution in [2.24, 2.45) is 11.3 Å². The molecule has 5 aromatic rings. The Bertz CT molecular complexity index is 2720. The molecule has 5 atom stereocenters. The molecule has 0 radical (unpaired) electrons. The molecule has 2 aromatic carbocycles. The van der Waals surface area contributed by atoms with Crippen molar-refractivity contribution in [2.75, 3.05) is 48.3 Å². The second-order valence-electron chi connectivity index (χ2n) is 21.7. The normalized spacial score (nSPS) is 24.3. The Morgan fingerprint density at radius 3 is 2.19 bits per heavy atom. The lowest BCUT2D eigenvalue weighted by Gasteiger charge is -2.44. The highest BCUT2D eigenvalue weighted by Crippen LogP contribution is 2.41. The number of nitrogen functional groups attached to an aromatic ring is 1. The lowest BCUT2D eigenvalue weighted by atomic mass is 9.81. The van der Waals surface area contributed by atoms with Crippen LogP contribution in [-0.2, 0) is 20.9 Å². The fourth-order valence-electron chi connectivity index (χ4n) is 12.0. The summed E-state index contributed by atoms with van der Waals surface area (Å²) in [6.07, 6.45) is 10.3. The van der Waals surface area contributed by atoms with Crippen molar-refractivity contribution in [2.45, 2.75) is 134 Å². The van der Waals surface area contributed by atoms with Gasteiger partial charge in [-0.15, -0.1) is 21.5 Å². The number of aromatic hydroxyl groups is 1. The molecule has 5 aliphatic rings. The number of carbonyl (C=O) groups is 3. The van der Waals surface area contributed by atoms with Crippen LogP contribution in [0.25, 0.3) is 21.8 Å². The number of fused-ring (bicyclic) bond motifs is 2. The average molecular weight is 997 g/mol. The van der Waals surface area contributed by atoms with Crippen LogP contribution in [0.1, 0.15) is 101 Å². The molecule has 2 unspecified atom stereocenters. The molecule has 4 saturated heterocycles. The number of aliphatic hydroxyl groups is 1. The zero-order chi connectivity index (χ0) is 50.3. The summed E-state index contributed by atoms with van der Waals surface area (Å²) in [6.45, 7) is 11.6. The van der Waals surface area contributed by atoms with E-state index in [0.29, 0.717) is 52.5 Å². The van der Waals surface area contributed by atoms with Gasteiger partial charge in [0.25, 0.3) is 0 Å². The summed E-state index contributed by atoms with van der Waals surface area (Å²) < 4.78 is 0. The molecule has 4 aliphatic heterocycles. The first-order chi connectivity index (χ1) is 34.7. The van der Waals surface area contributed by atoms with E-state index >= 15 is 0 Å². The molecule has 1 saturated carbocycles. The van der Waals surface area contributed by atoms with Crippen LogP contribution in [-0.4, -0.2) is 132 Å². The first kappa shape index (κ1) is 49.3. The van der Waals surface area contributed by atoms with Crippen LogP contribution < -0.4 is 26.2 Å². The number of benzene rings is 2. The van der Waals surface area contributed by atoms with Gasteiger partial charge in [0.1, 0.15) is 23.5 Å². The van der Waals surface area contributed by atoms with Gasteiger partial charge < -0.3 is 46.2 Å². The van der Waals surface area contributed by atoms with Crippen LogP contribution in [0.15, 0.2) is 72.5 Å². The van der Waals surface area contributed by atoms with Crippen molar-refractivity contribution in [1.29, 1.82) is 0 Å². The number of hydrogen-bond acceptors (Lipinski definition) is 15. The number of piperazine rings is 1. The second kappa shape index (κ2) is 20.7. The Kier molecular flexibility index (Phi) is 14.2. The van der Waals surface area contributed by atoms with Crippen molar-refractivity contribution >= 4 is 46.3 Å². The monoisotopic (exact) mass is 997 g/mol. The fraction of sp³-hybridized carbons (Fsp3) is 0.519. The van der Waals surface area contributed by atoms with E-state index in [1.807, 2.05) is 45.9 Å². The molecule has 3 aromatic heterocycles. The van der Waals surface area contributed by atoms with Crippen LogP contribution in [0.3, 0.4) is 0 Å². The molecule has 17 nitrogen and oxygen atoms in total. The first-order valence-electron chi connectivity index (χ1n) is 25.7. The van der Waals surface area contributed by atoms with Gasteiger partial charge in [-0.2, -0.15) is 0 Å². The Morgan fingerprint density at radius 2 is 1.54 bits per heavy atom. The Hall–Kier alpha value is -6.24. The van der Waals surface area contributed by atoms with E-state index in [4.69, 9.17) is 5.73 Å². The van der Waals surface area contributed by atoms with E-state index in [0.717, 1.165) is 93.8 Å². The molecule has 72 heavy (non-hydrogen) atoms. The molecular weight excluding hydrogens is 929 g/mol. The molecule has 3 amide bonds. The highest BCUT2D eigenvalue weighted by molar-refractivity contribution is 7.13. The minimum atomic E-state index is -0.880. The van der Waals surface area contributed by atoms with Crippen LogP contribution in [0.2, 0.25) is 0 Å². The number of β-amino-alcohol motifs (C(OH)–C–C–N with tert-alkyl or cyclic N) is 1. The second-order valence-corrected chi connectivity index (χ2v) is 22.6. The molecule has 6 N–H and O–H groups in total. The Labute approximate surface area is 425 Å². The summed E-state index contributed by atoms with van der Waals surface area (Å²) in [7, 11) is 0. The third-order valence-corrected chi connectivity index (χ3v) is 16.9. The third kappa shape index (κ3) is 10.4. The highest BCUT2D eigenvalue weighted by atomic mass is 32.1. The number of para-hydroxylation sites is 1. The van der Waals surface area contributed by atoms with E-state index in [1.54, 1.807) is 30.0 Å². The number of aromatic nitrogens is 5. The van der Waals surface area contributed by atoms with Gasteiger partial charge in [-0.25, -0.2) is 4.98 Å². The van der Waals surface area contributed by atoms with E-state index in [1.165, 1.54) is 27.5 Å². The van der Waals surface area contributed by atoms with Gasteiger partial charge in [-0.1, -0.05) is 45.0 Å². The molecule has 7 heterocycles. The number of rotatable bonds is 12. The quantitative estimate of drug-likeness (QED) is 0.0961. The maximum Gasteiger partial charge on any atom is 0.246 e. The summed E-state index contributed by atoms with van der Waals surface area (Å²) >= 11 is 1.49. The number of hydrogen-bond donors (Lipinski definition) is 5. The summed E-state index contributed by atoms with van der Waals surface area (Å²) in [6, 6.07) is 17.8. The molecule has 380 valence electrons. The number of phenolic OH excluding ortho intramolecular Hbond substituents is 1. The predicted octanol–water partition coefficient (Wildman–Crippen LogP) is 6.06. The van der Waals surface area contributed by atoms with Gasteiger partial charge in [0.2, 0.25) is 17.7 Å². The SMILES string of the molecule is Cc1ncsc1-c1cnc(CNC(=O)[C@@H]2C[C@@H](O)CN2C(=O)[C@@H](NC(=O)[C@H]2CC[C@@H](N3CCC(c4ccc(N5C6CCC5CN(c5cc(-c7ccccc7O)nnc5N)C6)cc4)CC3)CC2)C(C)(C)C)cn1. The molecule has 0 spiro atoms. The number of carbonyl (C=O) groups excluding carboxylic acids is 3. The number of likely N-dealkylation sites (tertiary alicyclic amines) is 2. The topological polar surface area (TPSA) is 219 Å². The summed E-state index contributed by atoms with van der Waals surface area (Å²) in [5, 5.41) is 35.8. The minimum Gasteiger partial charge on any atom is -0.507 e. The molecule has 5 fully saturated rings. The van der Waals surface area contributed by atoms with E-state index in [2.05, 4.69) is 74.7 Å². The van der Waals surface area contributed by atoms with Gasteiger partial charge in [-0.05, 0) is 119 Å². The summed E-state index contributed by atoms with van der Waals surface area (Å²) in [5.74, 6) is 0.0184. The smallest absolute Gasteiger partial charge is 0.246 e. The van der Waals surface area contributed by atoms with Crippen LogP contribution >= 0.6 is 11.3 Å². The number of thiazole rings is 1. The van der Waals surface area contributed by atoms with Crippen molar-refractivity contribution in [1.82, 2.24) is 45.6 Å². The standard InChI is InChI=1S/C54H68N12O5S/c1-32-48(72-31-59-32)44-27-56-36(25-57-44)26-58-52(70)46-23-41(67)30-65(46)53(71)49(54(2,3)4)60-51(69)35-11-13-37(14-12-35)63-21-19-34(20-22-63)33-9-15-38(16-10-33)66-39-17-18-40(66)29-64(28-39)45-24-43(61-62-50(45)55)42-7-5-6-8-47(42)68/h5-10,15-16,24-25,27,31,34-35,37,39-41,46,49,67-68H,11-14,17-23,26,28-30H2,1-4H3,(H2,55,62)(H,58,70)(H,60,69)/t35-,37+,39?,40?,41-,46+,49-/m1/s1. The van der Waals surface area contributed by atoms with Crippen molar-refractivity contribution < 1.29 is 24.6 Å². The predicted molar refractivity (Wildman–Crippen MR) is 278 cm³/mol. The van der Waals surface area contributed by atoms with Gasteiger partial charge in [-0.3, -0.25) is 24.4 Å².